The quantitative estimate of drug-likeness (QED) is 0.758. The Kier molecular flexibility index (Phi) is 5.35. The molecule has 1 heterocycles. The minimum absolute atomic E-state index is 0.371. The summed E-state index contributed by atoms with van der Waals surface area (Å²) < 4.78 is 33.0. The average Bonchev–Trinajstić information content (AvgIpc) is 2.46. The Balaban J connectivity index is 1.92. The Bertz CT molecular complexity index is 499. The normalized spacial score (nSPS) is 19.2. The molecule has 0 bridgehead atoms. The van der Waals surface area contributed by atoms with Gasteiger partial charge in [-0.25, -0.2) is 8.78 Å². The molecule has 1 atom stereocenters. The number of hydrogen-bond donors (Lipinski definition) is 0. The largest absolute Gasteiger partial charge is 0.498 e. The number of hydrogen-bond acceptors (Lipinski definition) is 1. The van der Waals surface area contributed by atoms with Gasteiger partial charge in [0.2, 0.25) is 0 Å². The molecular weight excluding hydrogens is 274 g/mol. The summed E-state index contributed by atoms with van der Waals surface area (Å²) in [6.45, 7) is 4.55. The van der Waals surface area contributed by atoms with Crippen LogP contribution in [0.5, 0.6) is 0 Å². The van der Waals surface area contributed by atoms with Gasteiger partial charge >= 0.3 is 0 Å². The van der Waals surface area contributed by atoms with E-state index >= 15 is 0 Å². The third kappa shape index (κ3) is 3.69. The Hall–Kier alpha value is -1.16. The molecule has 2 rings (SSSR count). The minimum Gasteiger partial charge on any atom is -0.498 e. The van der Waals surface area contributed by atoms with Gasteiger partial charge in [-0.05, 0) is 48.6 Å². The molecule has 4 heteroatoms. The van der Waals surface area contributed by atoms with Crippen molar-refractivity contribution >= 4 is 14.7 Å². The fourth-order valence-corrected chi connectivity index (χ4v) is 4.09. The predicted octanol–water partition coefficient (Wildman–Crippen LogP) is 3.21. The van der Waals surface area contributed by atoms with E-state index in [0.29, 0.717) is 16.7 Å². The van der Waals surface area contributed by atoms with Crippen LogP contribution in [0.2, 0.25) is 6.04 Å². The van der Waals surface area contributed by atoms with Crippen molar-refractivity contribution < 1.29 is 13.5 Å². The first-order valence-electron chi connectivity index (χ1n) is 7.37. The van der Waals surface area contributed by atoms with Crippen LogP contribution >= 0.6 is 0 Å². The molecule has 0 saturated heterocycles. The summed E-state index contributed by atoms with van der Waals surface area (Å²) in [5.41, 5.74) is 0.371. The molecule has 1 nitrogen and oxygen atoms in total. The molecule has 0 amide bonds. The second-order valence-corrected chi connectivity index (χ2v) is 7.30. The zero-order valence-corrected chi connectivity index (χ0v) is 13.6. The van der Waals surface area contributed by atoms with Crippen molar-refractivity contribution in [2.45, 2.75) is 39.2 Å². The standard InChI is InChI=1S/C16H22F2OSi/c1-3-4-12-6-7-13(19-9-12)10-20-14-8-5-11(2)15(17)16(14)18/h5,7-8,12H,3-4,6,9-10,20H2,1-2H3. The lowest BCUT2D eigenvalue weighted by atomic mass is 9.99. The first kappa shape index (κ1) is 15.2. The maximum Gasteiger partial charge on any atom is 0.161 e. The van der Waals surface area contributed by atoms with Gasteiger partial charge in [0.05, 0.1) is 21.9 Å². The molecule has 0 spiro atoms. The van der Waals surface area contributed by atoms with E-state index in [0.717, 1.165) is 24.8 Å². The highest BCUT2D eigenvalue weighted by molar-refractivity contribution is 6.54. The van der Waals surface area contributed by atoms with Gasteiger partial charge in [-0.15, -0.1) is 0 Å². The van der Waals surface area contributed by atoms with Crippen LogP contribution in [0.1, 0.15) is 31.7 Å². The highest BCUT2D eigenvalue weighted by atomic mass is 28.2. The Morgan fingerprint density at radius 3 is 2.75 bits per heavy atom. The molecule has 1 aliphatic rings. The summed E-state index contributed by atoms with van der Waals surface area (Å²) in [6, 6.07) is 4.16. The van der Waals surface area contributed by atoms with Gasteiger partial charge < -0.3 is 4.74 Å². The zero-order valence-electron chi connectivity index (χ0n) is 12.2. The number of allylic oxidation sites excluding steroid dienone is 2. The van der Waals surface area contributed by atoms with Gasteiger partial charge in [0.15, 0.2) is 11.6 Å². The molecule has 0 N–H and O–H groups in total. The van der Waals surface area contributed by atoms with Gasteiger partial charge in [-0.2, -0.15) is 0 Å². The van der Waals surface area contributed by atoms with Crippen LogP contribution in [-0.2, 0) is 4.74 Å². The van der Waals surface area contributed by atoms with Crippen molar-refractivity contribution in [3.05, 3.63) is 41.2 Å². The third-order valence-corrected chi connectivity index (χ3v) is 5.70. The molecule has 1 unspecified atom stereocenters. The maximum atomic E-state index is 13.8. The molecular formula is C16H22F2OSi. The zero-order chi connectivity index (χ0) is 14.5. The van der Waals surface area contributed by atoms with Crippen molar-refractivity contribution in [3.63, 3.8) is 0 Å². The molecule has 0 radical (unpaired) electrons. The van der Waals surface area contributed by atoms with Gasteiger partial charge in [-0.3, -0.25) is 0 Å². The number of aryl methyl sites for hydroxylation is 1. The van der Waals surface area contributed by atoms with Gasteiger partial charge in [-0.1, -0.05) is 25.5 Å². The van der Waals surface area contributed by atoms with Gasteiger partial charge in [0.1, 0.15) is 0 Å². The Morgan fingerprint density at radius 1 is 1.30 bits per heavy atom. The monoisotopic (exact) mass is 296 g/mol. The van der Waals surface area contributed by atoms with E-state index in [2.05, 4.69) is 13.0 Å². The molecule has 1 aromatic rings. The van der Waals surface area contributed by atoms with E-state index in [1.807, 2.05) is 0 Å². The van der Waals surface area contributed by atoms with E-state index < -0.39 is 21.2 Å². The van der Waals surface area contributed by atoms with Crippen molar-refractivity contribution in [1.29, 1.82) is 0 Å². The Labute approximate surface area is 121 Å². The van der Waals surface area contributed by atoms with Crippen molar-refractivity contribution in [3.8, 4) is 0 Å². The molecule has 0 saturated carbocycles. The molecule has 20 heavy (non-hydrogen) atoms. The second-order valence-electron chi connectivity index (χ2n) is 5.54. The molecule has 0 aliphatic carbocycles. The summed E-state index contributed by atoms with van der Waals surface area (Å²) in [5, 5.41) is 0.563. The van der Waals surface area contributed by atoms with Crippen molar-refractivity contribution in [1.82, 2.24) is 0 Å². The minimum atomic E-state index is -0.859. The molecule has 0 aromatic heterocycles. The van der Waals surface area contributed by atoms with Crippen LogP contribution in [0.15, 0.2) is 24.0 Å². The lowest BCUT2D eigenvalue weighted by molar-refractivity contribution is 0.143. The third-order valence-electron chi connectivity index (χ3n) is 3.88. The summed E-state index contributed by atoms with van der Waals surface area (Å²) in [4.78, 5) is 0. The van der Waals surface area contributed by atoms with Crippen LogP contribution in [0.3, 0.4) is 0 Å². The van der Waals surface area contributed by atoms with E-state index in [4.69, 9.17) is 4.74 Å². The predicted molar refractivity (Wildman–Crippen MR) is 81.1 cm³/mol. The summed E-state index contributed by atoms with van der Waals surface area (Å²) in [7, 11) is -0.859. The van der Waals surface area contributed by atoms with Gasteiger partial charge in [0.25, 0.3) is 0 Å². The van der Waals surface area contributed by atoms with E-state index in [1.165, 1.54) is 12.8 Å². The fraction of sp³-hybridized carbons (Fsp3) is 0.500. The van der Waals surface area contributed by atoms with Crippen LogP contribution < -0.4 is 5.19 Å². The van der Waals surface area contributed by atoms with Crippen molar-refractivity contribution in [2.24, 2.45) is 5.92 Å². The van der Waals surface area contributed by atoms with Gasteiger partial charge in [0, 0.05) is 0 Å². The van der Waals surface area contributed by atoms with Crippen LogP contribution in [0, 0.1) is 24.5 Å². The van der Waals surface area contributed by atoms with Crippen molar-refractivity contribution in [2.75, 3.05) is 6.61 Å². The lowest BCUT2D eigenvalue weighted by Gasteiger charge is -2.22. The molecule has 1 aromatic carbocycles. The number of benzene rings is 1. The number of ether oxygens (including phenoxy) is 1. The highest BCUT2D eigenvalue weighted by Gasteiger charge is 2.16. The summed E-state index contributed by atoms with van der Waals surface area (Å²) in [5.74, 6) is 0.247. The SMILES string of the molecule is CCCC1CC=C(C[SiH2]c2ccc(C)c(F)c2F)OC1. The second kappa shape index (κ2) is 7.02. The molecule has 110 valence electrons. The lowest BCUT2D eigenvalue weighted by Crippen LogP contribution is -2.22. The topological polar surface area (TPSA) is 9.23 Å². The van der Waals surface area contributed by atoms with Crippen LogP contribution in [-0.4, -0.2) is 16.1 Å². The number of halogens is 2. The van der Waals surface area contributed by atoms with Crippen LogP contribution in [0.4, 0.5) is 8.78 Å². The molecule has 1 aliphatic heterocycles. The average molecular weight is 296 g/mol. The van der Waals surface area contributed by atoms with E-state index in [-0.39, 0.29) is 0 Å². The Morgan fingerprint density at radius 2 is 2.10 bits per heavy atom. The molecule has 0 fully saturated rings. The summed E-state index contributed by atoms with van der Waals surface area (Å²) >= 11 is 0. The smallest absolute Gasteiger partial charge is 0.161 e. The number of rotatable bonds is 5. The van der Waals surface area contributed by atoms with E-state index in [9.17, 15) is 8.78 Å². The summed E-state index contributed by atoms with van der Waals surface area (Å²) in [6.07, 6.45) is 5.57. The first-order chi connectivity index (χ1) is 9.61. The van der Waals surface area contributed by atoms with E-state index in [1.54, 1.807) is 19.1 Å². The fourth-order valence-electron chi connectivity index (χ4n) is 2.57. The maximum absolute atomic E-state index is 13.8. The van der Waals surface area contributed by atoms with Crippen LogP contribution in [0.25, 0.3) is 0 Å². The first-order valence-corrected chi connectivity index (χ1v) is 9.07. The highest BCUT2D eigenvalue weighted by Crippen LogP contribution is 2.22.